The van der Waals surface area contributed by atoms with E-state index in [1.807, 2.05) is 0 Å². The summed E-state index contributed by atoms with van der Waals surface area (Å²) in [5.74, 6) is -2.31. The first-order valence-electron chi connectivity index (χ1n) is 8.60. The normalized spacial score (nSPS) is 11.7. The zero-order chi connectivity index (χ0) is 21.5. The van der Waals surface area contributed by atoms with Gasteiger partial charge in [-0.25, -0.2) is 9.37 Å². The SMILES string of the molecule is NC(=O)c1sc(-c2cccc3[nH]cnc23)c(F)c1OCc1ccccc1C(F)(F)F. The number of primary amides is 1. The number of nitrogens with two attached hydrogens (primary N) is 1. The number of aromatic nitrogens is 2. The van der Waals surface area contributed by atoms with Crippen LogP contribution in [0.1, 0.15) is 20.8 Å². The van der Waals surface area contributed by atoms with Gasteiger partial charge in [0.15, 0.2) is 11.6 Å². The topological polar surface area (TPSA) is 81.0 Å². The molecule has 1 amide bonds. The van der Waals surface area contributed by atoms with Crippen molar-refractivity contribution in [1.29, 1.82) is 0 Å². The van der Waals surface area contributed by atoms with Crippen molar-refractivity contribution in [2.75, 3.05) is 0 Å². The van der Waals surface area contributed by atoms with Gasteiger partial charge in [0.25, 0.3) is 5.91 Å². The van der Waals surface area contributed by atoms with Crippen LogP contribution in [0.4, 0.5) is 17.6 Å². The van der Waals surface area contributed by atoms with Crippen LogP contribution in [0, 0.1) is 5.82 Å². The molecule has 0 spiro atoms. The first kappa shape index (κ1) is 19.9. The fourth-order valence-electron chi connectivity index (χ4n) is 3.08. The van der Waals surface area contributed by atoms with E-state index in [9.17, 15) is 18.0 Å². The van der Waals surface area contributed by atoms with Gasteiger partial charge in [-0.3, -0.25) is 4.79 Å². The molecule has 0 bridgehead atoms. The van der Waals surface area contributed by atoms with E-state index in [0.717, 1.165) is 17.4 Å². The number of fused-ring (bicyclic) bond motifs is 1. The van der Waals surface area contributed by atoms with E-state index in [0.29, 0.717) is 16.6 Å². The number of aromatic amines is 1. The Morgan fingerprint density at radius 1 is 1.17 bits per heavy atom. The molecule has 0 unspecified atom stereocenters. The molecule has 0 saturated heterocycles. The monoisotopic (exact) mass is 435 g/mol. The number of benzene rings is 2. The minimum atomic E-state index is -4.60. The van der Waals surface area contributed by atoms with Gasteiger partial charge in [-0.15, -0.1) is 11.3 Å². The Morgan fingerprint density at radius 2 is 1.93 bits per heavy atom. The molecule has 10 heteroatoms. The second kappa shape index (κ2) is 7.45. The van der Waals surface area contributed by atoms with Gasteiger partial charge in [0.2, 0.25) is 0 Å². The van der Waals surface area contributed by atoms with E-state index in [4.69, 9.17) is 10.5 Å². The number of nitrogens with one attached hydrogen (secondary N) is 1. The van der Waals surface area contributed by atoms with E-state index >= 15 is 4.39 Å². The van der Waals surface area contributed by atoms with Crippen molar-refractivity contribution in [3.63, 3.8) is 0 Å². The number of para-hydroxylation sites is 1. The molecule has 2 heterocycles. The molecule has 2 aromatic heterocycles. The van der Waals surface area contributed by atoms with E-state index in [1.165, 1.54) is 24.5 Å². The maximum atomic E-state index is 15.2. The first-order valence-corrected chi connectivity index (χ1v) is 9.41. The number of H-pyrrole nitrogens is 1. The number of amides is 1. The highest BCUT2D eigenvalue weighted by molar-refractivity contribution is 7.17. The summed E-state index contributed by atoms with van der Waals surface area (Å²) in [6, 6.07) is 9.83. The van der Waals surface area contributed by atoms with Gasteiger partial charge in [-0.05, 0) is 12.1 Å². The van der Waals surface area contributed by atoms with Crippen LogP contribution in [0.15, 0.2) is 48.8 Å². The lowest BCUT2D eigenvalue weighted by atomic mass is 10.1. The quantitative estimate of drug-likeness (QED) is 0.427. The van der Waals surface area contributed by atoms with Gasteiger partial charge in [0.05, 0.1) is 27.8 Å². The van der Waals surface area contributed by atoms with Gasteiger partial charge in [0.1, 0.15) is 11.5 Å². The largest absolute Gasteiger partial charge is 0.484 e. The second-order valence-corrected chi connectivity index (χ2v) is 7.34. The average Bonchev–Trinajstić information content (AvgIpc) is 3.30. The lowest BCUT2D eigenvalue weighted by molar-refractivity contribution is -0.138. The summed E-state index contributed by atoms with van der Waals surface area (Å²) < 4.78 is 60.2. The maximum absolute atomic E-state index is 15.2. The van der Waals surface area contributed by atoms with Crippen LogP contribution in [-0.4, -0.2) is 15.9 Å². The van der Waals surface area contributed by atoms with Crippen molar-refractivity contribution in [1.82, 2.24) is 9.97 Å². The zero-order valence-corrected chi connectivity index (χ0v) is 15.9. The molecule has 30 heavy (non-hydrogen) atoms. The van der Waals surface area contributed by atoms with Gasteiger partial charge >= 0.3 is 6.18 Å². The summed E-state index contributed by atoms with van der Waals surface area (Å²) in [7, 11) is 0. The van der Waals surface area contributed by atoms with Crippen LogP contribution < -0.4 is 10.5 Å². The Bertz CT molecular complexity index is 1250. The van der Waals surface area contributed by atoms with Crippen LogP contribution in [0.5, 0.6) is 5.75 Å². The number of hydrogen-bond acceptors (Lipinski definition) is 4. The number of halogens is 4. The number of alkyl halides is 3. The number of thiophene rings is 1. The summed E-state index contributed by atoms with van der Waals surface area (Å²) >= 11 is 0.760. The average molecular weight is 435 g/mol. The smallest absolute Gasteiger partial charge is 0.416 e. The molecule has 0 aliphatic heterocycles. The molecule has 0 aliphatic rings. The number of nitrogens with zero attached hydrogens (tertiary/aromatic N) is 1. The lowest BCUT2D eigenvalue weighted by Gasteiger charge is -2.13. The van der Waals surface area contributed by atoms with Crippen LogP contribution in [0.3, 0.4) is 0 Å². The van der Waals surface area contributed by atoms with Crippen LogP contribution in [0.2, 0.25) is 0 Å². The molecular formula is C20H13F4N3O2S. The van der Waals surface area contributed by atoms with E-state index in [-0.39, 0.29) is 15.3 Å². The second-order valence-electron chi connectivity index (χ2n) is 6.32. The van der Waals surface area contributed by atoms with Gasteiger partial charge in [0, 0.05) is 11.1 Å². The Hall–Kier alpha value is -3.40. The third-order valence-corrected chi connectivity index (χ3v) is 5.62. The van der Waals surface area contributed by atoms with Crippen molar-refractivity contribution in [2.45, 2.75) is 12.8 Å². The van der Waals surface area contributed by atoms with E-state index < -0.39 is 35.8 Å². The Labute approximate surface area is 171 Å². The fourth-order valence-corrected chi connectivity index (χ4v) is 4.08. The highest BCUT2D eigenvalue weighted by Gasteiger charge is 2.33. The molecule has 3 N–H and O–H groups in total. The Morgan fingerprint density at radius 3 is 2.67 bits per heavy atom. The van der Waals surface area contributed by atoms with Crippen molar-refractivity contribution in [3.8, 4) is 16.2 Å². The number of hydrogen-bond donors (Lipinski definition) is 2. The van der Waals surface area contributed by atoms with Crippen molar-refractivity contribution >= 4 is 28.3 Å². The summed E-state index contributed by atoms with van der Waals surface area (Å²) in [5, 5.41) is 0. The number of ether oxygens (including phenoxy) is 1. The molecule has 154 valence electrons. The molecule has 2 aromatic carbocycles. The van der Waals surface area contributed by atoms with Gasteiger partial charge in [-0.2, -0.15) is 13.2 Å². The van der Waals surface area contributed by atoms with Gasteiger partial charge < -0.3 is 15.5 Å². The van der Waals surface area contributed by atoms with Crippen LogP contribution >= 0.6 is 11.3 Å². The molecule has 0 aliphatic carbocycles. The van der Waals surface area contributed by atoms with E-state index in [1.54, 1.807) is 18.2 Å². The van der Waals surface area contributed by atoms with Crippen LogP contribution in [0.25, 0.3) is 21.5 Å². The highest BCUT2D eigenvalue weighted by Crippen LogP contribution is 2.42. The minimum Gasteiger partial charge on any atom is -0.484 e. The van der Waals surface area contributed by atoms with E-state index in [2.05, 4.69) is 9.97 Å². The lowest BCUT2D eigenvalue weighted by Crippen LogP contribution is -2.13. The third-order valence-electron chi connectivity index (χ3n) is 4.42. The Balaban J connectivity index is 1.75. The summed E-state index contributed by atoms with van der Waals surface area (Å²) in [6.07, 6.45) is -3.15. The number of rotatable bonds is 5. The molecule has 5 nitrogen and oxygen atoms in total. The molecular weight excluding hydrogens is 422 g/mol. The molecule has 0 atom stereocenters. The number of imidazole rings is 1. The van der Waals surface area contributed by atoms with Crippen molar-refractivity contribution in [2.24, 2.45) is 5.73 Å². The van der Waals surface area contributed by atoms with Crippen LogP contribution in [-0.2, 0) is 12.8 Å². The highest BCUT2D eigenvalue weighted by atomic mass is 32.1. The first-order chi connectivity index (χ1) is 14.3. The predicted molar refractivity (Wildman–Crippen MR) is 104 cm³/mol. The van der Waals surface area contributed by atoms with Crippen molar-refractivity contribution < 1.29 is 27.1 Å². The fraction of sp³-hybridized carbons (Fsp3) is 0.100. The van der Waals surface area contributed by atoms with Crippen molar-refractivity contribution in [3.05, 3.63) is 70.6 Å². The third kappa shape index (κ3) is 3.50. The number of carbonyl (C=O) groups excluding carboxylic acids is 1. The van der Waals surface area contributed by atoms with Gasteiger partial charge in [-0.1, -0.05) is 30.3 Å². The minimum absolute atomic E-state index is 0.0561. The molecule has 0 saturated carbocycles. The molecule has 0 radical (unpaired) electrons. The molecule has 0 fully saturated rings. The Kier molecular flexibility index (Phi) is 4.94. The summed E-state index contributed by atoms with van der Waals surface area (Å²) in [4.78, 5) is 18.7. The maximum Gasteiger partial charge on any atom is 0.416 e. The standard InChI is InChI=1S/C20H13F4N3O2S/c21-14-16(29-8-10-4-1-2-6-12(10)20(22,23)24)18(19(25)28)30-17(14)11-5-3-7-13-15(11)27-9-26-13/h1-7,9H,8H2,(H2,25,28)(H,26,27). The molecule has 4 aromatic rings. The molecule has 4 rings (SSSR count). The predicted octanol–water partition coefficient (Wildman–Crippen LogP) is 5.13. The summed E-state index contributed by atoms with van der Waals surface area (Å²) in [5.41, 5.74) is 5.80. The zero-order valence-electron chi connectivity index (χ0n) is 15.1. The summed E-state index contributed by atoms with van der Waals surface area (Å²) in [6.45, 7) is -0.588. The number of carbonyl (C=O) groups is 1.